The summed E-state index contributed by atoms with van der Waals surface area (Å²) >= 11 is 0. The Kier molecular flexibility index (Phi) is 3.57. The molecule has 0 unspecified atom stereocenters. The molecule has 0 aliphatic rings. The van der Waals surface area contributed by atoms with Gasteiger partial charge >= 0.3 is 0 Å². The van der Waals surface area contributed by atoms with Crippen LogP contribution in [0.1, 0.15) is 24.2 Å². The molecule has 0 aliphatic carbocycles. The third-order valence-electron chi connectivity index (χ3n) is 2.52. The molecular formula is C13H14O2S. The lowest BCUT2D eigenvalue weighted by Crippen LogP contribution is -2.04. The highest BCUT2D eigenvalue weighted by Crippen LogP contribution is 2.28. The minimum Gasteiger partial charge on any atom is -0.472 e. The van der Waals surface area contributed by atoms with Crippen molar-refractivity contribution in [3.63, 3.8) is 0 Å². The van der Waals surface area contributed by atoms with Crippen molar-refractivity contribution in [2.75, 3.05) is 0 Å². The summed E-state index contributed by atoms with van der Waals surface area (Å²) in [5.74, 6) is 0. The first-order chi connectivity index (χ1) is 7.83. The van der Waals surface area contributed by atoms with Gasteiger partial charge in [0.1, 0.15) is 0 Å². The van der Waals surface area contributed by atoms with Gasteiger partial charge in [-0.05, 0) is 24.6 Å². The minimum atomic E-state index is -1.01. The van der Waals surface area contributed by atoms with Crippen LogP contribution in [-0.4, -0.2) is 4.21 Å². The Bertz CT molecular complexity index is 448. The quantitative estimate of drug-likeness (QED) is 0.810. The zero-order valence-corrected chi connectivity index (χ0v) is 9.94. The molecule has 0 saturated heterocycles. The highest BCUT2D eigenvalue weighted by molar-refractivity contribution is 7.85. The highest BCUT2D eigenvalue weighted by atomic mass is 32.2. The fourth-order valence-corrected chi connectivity index (χ4v) is 3.13. The largest absolute Gasteiger partial charge is 0.472 e. The summed E-state index contributed by atoms with van der Waals surface area (Å²) in [5.41, 5.74) is 1.00. The van der Waals surface area contributed by atoms with Crippen molar-refractivity contribution in [2.24, 2.45) is 0 Å². The standard InChI is InChI=1S/C13H14O2S/c1-2-13(11-8-9-15-10-11)16(14)12-6-4-3-5-7-12/h3-10,13H,2H2,1H3/t13-,16+/m0/s1. The smallest absolute Gasteiger partial charge is 0.0946 e. The van der Waals surface area contributed by atoms with Crippen molar-refractivity contribution in [2.45, 2.75) is 23.5 Å². The molecule has 0 aliphatic heterocycles. The Labute approximate surface area is 97.8 Å². The molecule has 2 rings (SSSR count). The monoisotopic (exact) mass is 234 g/mol. The van der Waals surface area contributed by atoms with Gasteiger partial charge in [-0.15, -0.1) is 0 Å². The van der Waals surface area contributed by atoms with Crippen LogP contribution in [0.3, 0.4) is 0 Å². The topological polar surface area (TPSA) is 30.2 Å². The Morgan fingerprint density at radius 3 is 2.56 bits per heavy atom. The van der Waals surface area contributed by atoms with E-state index in [9.17, 15) is 4.21 Å². The third-order valence-corrected chi connectivity index (χ3v) is 4.38. The molecule has 0 spiro atoms. The first-order valence-electron chi connectivity index (χ1n) is 5.30. The molecule has 2 nitrogen and oxygen atoms in total. The van der Waals surface area contributed by atoms with E-state index >= 15 is 0 Å². The van der Waals surface area contributed by atoms with E-state index in [1.54, 1.807) is 12.5 Å². The summed E-state index contributed by atoms with van der Waals surface area (Å²) in [4.78, 5) is 0.871. The highest BCUT2D eigenvalue weighted by Gasteiger charge is 2.19. The molecule has 0 radical (unpaired) electrons. The first kappa shape index (κ1) is 11.1. The van der Waals surface area contributed by atoms with Crippen LogP contribution in [0.25, 0.3) is 0 Å². The Balaban J connectivity index is 2.27. The Hall–Kier alpha value is -1.35. The first-order valence-corrected chi connectivity index (χ1v) is 6.52. The summed E-state index contributed by atoms with van der Waals surface area (Å²) in [6.45, 7) is 2.04. The van der Waals surface area contributed by atoms with Gasteiger partial charge in [0.25, 0.3) is 0 Å². The molecule has 0 amide bonds. The van der Waals surface area contributed by atoms with E-state index in [1.165, 1.54) is 0 Å². The maximum Gasteiger partial charge on any atom is 0.0946 e. The van der Waals surface area contributed by atoms with E-state index in [0.29, 0.717) is 0 Å². The second-order valence-corrected chi connectivity index (χ2v) is 5.20. The SMILES string of the molecule is CC[C@@H](c1ccoc1)[S@](=O)c1ccccc1. The number of hydrogen-bond acceptors (Lipinski definition) is 2. The van der Waals surface area contributed by atoms with Crippen LogP contribution < -0.4 is 0 Å². The van der Waals surface area contributed by atoms with Gasteiger partial charge in [0, 0.05) is 10.5 Å². The van der Waals surface area contributed by atoms with E-state index in [0.717, 1.165) is 16.9 Å². The predicted molar refractivity (Wildman–Crippen MR) is 64.6 cm³/mol. The number of benzene rings is 1. The molecule has 0 saturated carbocycles. The van der Waals surface area contributed by atoms with Crippen molar-refractivity contribution in [3.05, 3.63) is 54.5 Å². The fourth-order valence-electron chi connectivity index (χ4n) is 1.69. The van der Waals surface area contributed by atoms with Gasteiger partial charge in [-0.3, -0.25) is 4.21 Å². The lowest BCUT2D eigenvalue weighted by molar-refractivity contribution is 0.562. The molecular weight excluding hydrogens is 220 g/mol. The van der Waals surface area contributed by atoms with Crippen LogP contribution in [0.5, 0.6) is 0 Å². The second-order valence-electron chi connectivity index (χ2n) is 3.56. The van der Waals surface area contributed by atoms with Gasteiger partial charge in [0.15, 0.2) is 0 Å². The Morgan fingerprint density at radius 1 is 1.25 bits per heavy atom. The lowest BCUT2D eigenvalue weighted by atomic mass is 10.2. The normalized spacial score (nSPS) is 14.6. The molecule has 1 aromatic carbocycles. The van der Waals surface area contributed by atoms with Crippen molar-refractivity contribution in [1.29, 1.82) is 0 Å². The van der Waals surface area contributed by atoms with Crippen LogP contribution in [0.2, 0.25) is 0 Å². The molecule has 2 atom stereocenters. The minimum absolute atomic E-state index is 0.0150. The van der Waals surface area contributed by atoms with Gasteiger partial charge in [-0.25, -0.2) is 0 Å². The van der Waals surface area contributed by atoms with Crippen LogP contribution in [0, 0.1) is 0 Å². The van der Waals surface area contributed by atoms with Gasteiger partial charge in [-0.2, -0.15) is 0 Å². The molecule has 0 fully saturated rings. The van der Waals surface area contributed by atoms with Crippen LogP contribution in [0.4, 0.5) is 0 Å². The van der Waals surface area contributed by atoms with Gasteiger partial charge < -0.3 is 4.42 Å². The molecule has 0 N–H and O–H groups in total. The Morgan fingerprint density at radius 2 is 2.00 bits per heavy atom. The van der Waals surface area contributed by atoms with Crippen molar-refractivity contribution < 1.29 is 8.63 Å². The fraction of sp³-hybridized carbons (Fsp3) is 0.231. The average molecular weight is 234 g/mol. The van der Waals surface area contributed by atoms with E-state index in [1.807, 2.05) is 43.3 Å². The summed E-state index contributed by atoms with van der Waals surface area (Å²) in [6.07, 6.45) is 4.14. The number of furan rings is 1. The summed E-state index contributed by atoms with van der Waals surface area (Å²) < 4.78 is 17.4. The molecule has 16 heavy (non-hydrogen) atoms. The summed E-state index contributed by atoms with van der Waals surface area (Å²) in [7, 11) is -1.01. The van der Waals surface area contributed by atoms with E-state index < -0.39 is 10.8 Å². The molecule has 1 heterocycles. The third kappa shape index (κ3) is 2.25. The van der Waals surface area contributed by atoms with E-state index in [2.05, 4.69) is 0 Å². The average Bonchev–Trinajstić information content (AvgIpc) is 2.85. The zero-order valence-electron chi connectivity index (χ0n) is 9.13. The van der Waals surface area contributed by atoms with Crippen molar-refractivity contribution >= 4 is 10.8 Å². The molecule has 84 valence electrons. The van der Waals surface area contributed by atoms with Gasteiger partial charge in [0.2, 0.25) is 0 Å². The van der Waals surface area contributed by atoms with Gasteiger partial charge in [0.05, 0.1) is 28.6 Å². The molecule has 3 heteroatoms. The predicted octanol–water partition coefficient (Wildman–Crippen LogP) is 3.54. The van der Waals surface area contributed by atoms with Crippen LogP contribution in [-0.2, 0) is 10.8 Å². The maximum absolute atomic E-state index is 12.3. The molecule has 0 bridgehead atoms. The number of hydrogen-bond donors (Lipinski definition) is 0. The lowest BCUT2D eigenvalue weighted by Gasteiger charge is -2.12. The summed E-state index contributed by atoms with van der Waals surface area (Å²) in [6, 6.07) is 11.4. The molecule has 2 aromatic rings. The maximum atomic E-state index is 12.3. The van der Waals surface area contributed by atoms with E-state index in [-0.39, 0.29) is 5.25 Å². The van der Waals surface area contributed by atoms with E-state index in [4.69, 9.17) is 4.42 Å². The van der Waals surface area contributed by atoms with Gasteiger partial charge in [-0.1, -0.05) is 25.1 Å². The summed E-state index contributed by atoms with van der Waals surface area (Å²) in [5, 5.41) is 0.0150. The second kappa shape index (κ2) is 5.12. The van der Waals surface area contributed by atoms with Crippen LogP contribution >= 0.6 is 0 Å². The van der Waals surface area contributed by atoms with Crippen molar-refractivity contribution in [3.8, 4) is 0 Å². The zero-order chi connectivity index (χ0) is 11.4. The van der Waals surface area contributed by atoms with Crippen molar-refractivity contribution in [1.82, 2.24) is 0 Å². The number of rotatable bonds is 4. The molecule has 1 aromatic heterocycles. The van der Waals surface area contributed by atoms with Crippen LogP contribution in [0.15, 0.2) is 58.2 Å².